The van der Waals surface area contributed by atoms with Crippen LogP contribution in [-0.2, 0) is 5.41 Å². The van der Waals surface area contributed by atoms with E-state index in [0.29, 0.717) is 0 Å². The number of rotatable bonds is 6. The van der Waals surface area contributed by atoms with Gasteiger partial charge in [-0.15, -0.1) is 11.6 Å². The summed E-state index contributed by atoms with van der Waals surface area (Å²) in [5.41, 5.74) is 4.32. The van der Waals surface area contributed by atoms with E-state index < -0.39 is 0 Å². The van der Waals surface area contributed by atoms with Gasteiger partial charge in [0.15, 0.2) is 0 Å². The molecule has 0 spiro atoms. The third-order valence-corrected chi connectivity index (χ3v) is 3.44. The molecule has 0 atom stereocenters. The Morgan fingerprint density at radius 3 is 2.59 bits per heavy atom. The van der Waals surface area contributed by atoms with Crippen LogP contribution < -0.4 is 5.32 Å². The van der Waals surface area contributed by atoms with E-state index >= 15 is 0 Å². The predicted molar refractivity (Wildman–Crippen MR) is 77.1 cm³/mol. The highest BCUT2D eigenvalue weighted by Crippen LogP contribution is 2.26. The fourth-order valence-corrected chi connectivity index (χ4v) is 2.29. The summed E-state index contributed by atoms with van der Waals surface area (Å²) in [6.45, 7) is 10.9. The number of halogens is 1. The van der Waals surface area contributed by atoms with Crippen molar-refractivity contribution < 1.29 is 0 Å². The summed E-state index contributed by atoms with van der Waals surface area (Å²) >= 11 is 5.67. The van der Waals surface area contributed by atoms with Crippen molar-refractivity contribution in [1.82, 2.24) is 5.32 Å². The second-order valence-electron chi connectivity index (χ2n) is 5.42. The molecular weight excluding hydrogens is 230 g/mol. The number of aryl methyl sites for hydroxylation is 2. The maximum atomic E-state index is 5.67. The number of nitrogens with one attached hydrogen (secondary N) is 1. The van der Waals surface area contributed by atoms with E-state index in [0.717, 1.165) is 25.4 Å². The number of alkyl halides is 1. The van der Waals surface area contributed by atoms with Gasteiger partial charge < -0.3 is 5.32 Å². The Kier molecular flexibility index (Phi) is 5.48. The Balaban J connectivity index is 2.71. The molecule has 1 aromatic carbocycles. The summed E-state index contributed by atoms with van der Waals surface area (Å²) in [4.78, 5) is 0. The van der Waals surface area contributed by atoms with Crippen molar-refractivity contribution in [2.45, 2.75) is 39.5 Å². The molecule has 0 aliphatic carbocycles. The predicted octanol–water partition coefficient (Wildman–Crippen LogP) is 3.80. The van der Waals surface area contributed by atoms with E-state index in [4.69, 9.17) is 11.6 Å². The fraction of sp³-hybridized carbons (Fsp3) is 0.600. The minimum atomic E-state index is 0.169. The van der Waals surface area contributed by atoms with Crippen LogP contribution in [0.2, 0.25) is 0 Å². The van der Waals surface area contributed by atoms with E-state index in [1.807, 2.05) is 0 Å². The Morgan fingerprint density at radius 1 is 1.24 bits per heavy atom. The van der Waals surface area contributed by atoms with Gasteiger partial charge in [-0.2, -0.15) is 0 Å². The first-order chi connectivity index (χ1) is 7.97. The summed E-state index contributed by atoms with van der Waals surface area (Å²) in [6, 6.07) is 6.69. The second-order valence-corrected chi connectivity index (χ2v) is 5.80. The number of benzene rings is 1. The molecule has 2 heteroatoms. The van der Waals surface area contributed by atoms with Gasteiger partial charge in [0.25, 0.3) is 0 Å². The molecule has 1 N–H and O–H groups in total. The molecule has 1 rings (SSSR count). The average molecular weight is 254 g/mol. The zero-order valence-corrected chi connectivity index (χ0v) is 12.2. The Labute approximate surface area is 111 Å². The molecule has 0 radical (unpaired) electrons. The molecule has 0 fully saturated rings. The van der Waals surface area contributed by atoms with Crippen molar-refractivity contribution in [3.05, 3.63) is 34.9 Å². The standard InChI is InChI=1S/C15H24ClN/c1-12-6-7-13(2)14(10-12)15(3,4)11-17-9-5-8-16/h6-7,10,17H,5,8-9,11H2,1-4H3. The largest absolute Gasteiger partial charge is 0.316 e. The maximum Gasteiger partial charge on any atom is 0.0235 e. The van der Waals surface area contributed by atoms with E-state index in [9.17, 15) is 0 Å². The van der Waals surface area contributed by atoms with Crippen molar-refractivity contribution in [1.29, 1.82) is 0 Å². The van der Waals surface area contributed by atoms with Gasteiger partial charge in [-0.1, -0.05) is 37.6 Å². The van der Waals surface area contributed by atoms with Crippen LogP contribution in [0.1, 0.15) is 37.0 Å². The summed E-state index contributed by atoms with van der Waals surface area (Å²) in [6.07, 6.45) is 1.03. The highest BCUT2D eigenvalue weighted by molar-refractivity contribution is 6.17. The lowest BCUT2D eigenvalue weighted by Crippen LogP contribution is -2.34. The third-order valence-electron chi connectivity index (χ3n) is 3.18. The van der Waals surface area contributed by atoms with Crippen LogP contribution in [0.5, 0.6) is 0 Å². The number of hydrogen-bond donors (Lipinski definition) is 1. The van der Waals surface area contributed by atoms with Crippen LogP contribution in [-0.4, -0.2) is 19.0 Å². The van der Waals surface area contributed by atoms with Crippen molar-refractivity contribution in [3.8, 4) is 0 Å². The summed E-state index contributed by atoms with van der Waals surface area (Å²) in [5.74, 6) is 0.733. The van der Waals surface area contributed by atoms with Crippen LogP contribution in [0.25, 0.3) is 0 Å². The minimum absolute atomic E-state index is 0.169. The Bertz CT molecular complexity index is 358. The molecule has 0 bridgehead atoms. The Morgan fingerprint density at radius 2 is 1.94 bits per heavy atom. The van der Waals surface area contributed by atoms with Gasteiger partial charge in [-0.3, -0.25) is 0 Å². The molecule has 1 nitrogen and oxygen atoms in total. The van der Waals surface area contributed by atoms with Crippen molar-refractivity contribution in [3.63, 3.8) is 0 Å². The van der Waals surface area contributed by atoms with Crippen molar-refractivity contribution in [2.24, 2.45) is 0 Å². The van der Waals surface area contributed by atoms with Crippen molar-refractivity contribution in [2.75, 3.05) is 19.0 Å². The van der Waals surface area contributed by atoms with Gasteiger partial charge in [-0.25, -0.2) is 0 Å². The van der Waals surface area contributed by atoms with E-state index in [2.05, 4.69) is 51.2 Å². The van der Waals surface area contributed by atoms with Crippen LogP contribution in [0.4, 0.5) is 0 Å². The van der Waals surface area contributed by atoms with Crippen LogP contribution >= 0.6 is 11.6 Å². The molecule has 17 heavy (non-hydrogen) atoms. The van der Waals surface area contributed by atoms with Gasteiger partial charge in [0.2, 0.25) is 0 Å². The van der Waals surface area contributed by atoms with Crippen molar-refractivity contribution >= 4 is 11.6 Å². The van der Waals surface area contributed by atoms with Gasteiger partial charge in [0, 0.05) is 17.8 Å². The molecule has 0 aliphatic rings. The summed E-state index contributed by atoms with van der Waals surface area (Å²) in [5, 5.41) is 3.49. The normalized spacial score (nSPS) is 11.8. The van der Waals surface area contributed by atoms with Gasteiger partial charge >= 0.3 is 0 Å². The smallest absolute Gasteiger partial charge is 0.0235 e. The zero-order valence-electron chi connectivity index (χ0n) is 11.4. The summed E-state index contributed by atoms with van der Waals surface area (Å²) < 4.78 is 0. The summed E-state index contributed by atoms with van der Waals surface area (Å²) in [7, 11) is 0. The van der Waals surface area contributed by atoms with Gasteiger partial charge in [0.05, 0.1) is 0 Å². The first kappa shape index (κ1) is 14.5. The highest BCUT2D eigenvalue weighted by atomic mass is 35.5. The van der Waals surface area contributed by atoms with E-state index in [1.54, 1.807) is 0 Å². The molecule has 0 aliphatic heterocycles. The molecule has 0 saturated heterocycles. The number of hydrogen-bond acceptors (Lipinski definition) is 1. The quantitative estimate of drug-likeness (QED) is 0.601. The third kappa shape index (κ3) is 4.33. The lowest BCUT2D eigenvalue weighted by Gasteiger charge is -2.28. The Hall–Kier alpha value is -0.530. The van der Waals surface area contributed by atoms with Crippen LogP contribution in [0.15, 0.2) is 18.2 Å². The monoisotopic (exact) mass is 253 g/mol. The molecule has 96 valence electrons. The molecule has 1 aromatic rings. The highest BCUT2D eigenvalue weighted by Gasteiger charge is 2.21. The molecule has 0 aromatic heterocycles. The second kappa shape index (κ2) is 6.42. The van der Waals surface area contributed by atoms with Gasteiger partial charge in [0.1, 0.15) is 0 Å². The molecule has 0 amide bonds. The maximum absolute atomic E-state index is 5.67. The fourth-order valence-electron chi connectivity index (χ4n) is 2.15. The van der Waals surface area contributed by atoms with Crippen LogP contribution in [0, 0.1) is 13.8 Å². The average Bonchev–Trinajstić information content (AvgIpc) is 2.28. The first-order valence-corrected chi connectivity index (χ1v) is 6.85. The van der Waals surface area contributed by atoms with Gasteiger partial charge in [-0.05, 0) is 37.9 Å². The van der Waals surface area contributed by atoms with Crippen LogP contribution in [0.3, 0.4) is 0 Å². The van der Waals surface area contributed by atoms with E-state index in [1.165, 1.54) is 16.7 Å². The topological polar surface area (TPSA) is 12.0 Å². The minimum Gasteiger partial charge on any atom is -0.316 e. The molecule has 0 heterocycles. The molecular formula is C15H24ClN. The zero-order chi connectivity index (χ0) is 12.9. The SMILES string of the molecule is Cc1ccc(C)c(C(C)(C)CNCCCCl)c1. The molecule has 0 saturated carbocycles. The lowest BCUT2D eigenvalue weighted by atomic mass is 9.81. The van der Waals surface area contributed by atoms with E-state index in [-0.39, 0.29) is 5.41 Å². The molecule has 0 unspecified atom stereocenters. The first-order valence-electron chi connectivity index (χ1n) is 6.32. The lowest BCUT2D eigenvalue weighted by molar-refractivity contribution is 0.467.